The van der Waals surface area contributed by atoms with Crippen molar-refractivity contribution in [2.24, 2.45) is 0 Å². The Morgan fingerprint density at radius 3 is 1.15 bits per heavy atom. The Labute approximate surface area is 163 Å². The van der Waals surface area contributed by atoms with Gasteiger partial charge in [0.25, 0.3) is 0 Å². The smallest absolute Gasteiger partial charge is 0.115 e. The zero-order chi connectivity index (χ0) is 19.3. The van der Waals surface area contributed by atoms with Gasteiger partial charge >= 0.3 is 0 Å². The number of aliphatic hydroxyl groups excluding tert-OH is 2. The SMILES string of the molecule is CCCCCCCCCC(O)C#CC#CC(O)CCCCCCCCC. The van der Waals surface area contributed by atoms with Gasteiger partial charge in [0.15, 0.2) is 0 Å². The van der Waals surface area contributed by atoms with Crippen LogP contribution >= 0.6 is 0 Å². The summed E-state index contributed by atoms with van der Waals surface area (Å²) in [6.07, 6.45) is 17.7. The highest BCUT2D eigenvalue weighted by molar-refractivity contribution is 5.28. The van der Waals surface area contributed by atoms with Crippen LogP contribution in [0.1, 0.15) is 117 Å². The van der Waals surface area contributed by atoms with E-state index in [2.05, 4.69) is 37.5 Å². The summed E-state index contributed by atoms with van der Waals surface area (Å²) in [5, 5.41) is 19.6. The summed E-state index contributed by atoms with van der Waals surface area (Å²) < 4.78 is 0. The Morgan fingerprint density at radius 2 is 0.808 bits per heavy atom. The zero-order valence-electron chi connectivity index (χ0n) is 17.4. The number of aliphatic hydroxyl groups is 2. The quantitative estimate of drug-likeness (QED) is 0.261. The van der Waals surface area contributed by atoms with Gasteiger partial charge in [-0.25, -0.2) is 0 Å². The van der Waals surface area contributed by atoms with Gasteiger partial charge in [0.05, 0.1) is 0 Å². The van der Waals surface area contributed by atoms with Crippen molar-refractivity contribution in [1.29, 1.82) is 0 Å². The Hall–Kier alpha value is -0.960. The Morgan fingerprint density at radius 1 is 0.500 bits per heavy atom. The molecule has 150 valence electrons. The maximum atomic E-state index is 9.81. The lowest BCUT2D eigenvalue weighted by Gasteiger charge is -2.03. The molecule has 0 rings (SSSR count). The molecule has 0 aromatic carbocycles. The van der Waals surface area contributed by atoms with Gasteiger partial charge in [-0.2, -0.15) is 0 Å². The molecular formula is C24H42O2. The van der Waals surface area contributed by atoms with Gasteiger partial charge in [0.1, 0.15) is 12.2 Å². The minimum absolute atomic E-state index is 0.583. The third-order valence-electron chi connectivity index (χ3n) is 4.70. The van der Waals surface area contributed by atoms with E-state index in [4.69, 9.17) is 0 Å². The fraction of sp³-hybridized carbons (Fsp3) is 0.833. The van der Waals surface area contributed by atoms with Crippen LogP contribution in [0.3, 0.4) is 0 Å². The molecule has 0 aliphatic rings. The third-order valence-corrected chi connectivity index (χ3v) is 4.70. The van der Waals surface area contributed by atoms with Crippen LogP contribution < -0.4 is 0 Å². The predicted molar refractivity (Wildman–Crippen MR) is 113 cm³/mol. The van der Waals surface area contributed by atoms with Gasteiger partial charge in [-0.1, -0.05) is 103 Å². The standard InChI is InChI=1S/C24H42O2/c1-3-5-7-9-11-13-15-19-23(25)21-17-18-22-24(26)20-16-14-12-10-8-6-4-2/h23-26H,3-16,19-20H2,1-2H3. The molecule has 0 aromatic rings. The van der Waals surface area contributed by atoms with E-state index in [0.29, 0.717) is 0 Å². The number of hydrogen-bond acceptors (Lipinski definition) is 2. The zero-order valence-corrected chi connectivity index (χ0v) is 17.4. The first kappa shape index (κ1) is 25.0. The molecule has 0 saturated carbocycles. The van der Waals surface area contributed by atoms with Crippen molar-refractivity contribution >= 4 is 0 Å². The fourth-order valence-corrected chi connectivity index (χ4v) is 2.97. The predicted octanol–water partition coefficient (Wildman–Crippen LogP) is 6.00. The van der Waals surface area contributed by atoms with E-state index in [-0.39, 0.29) is 0 Å². The highest BCUT2D eigenvalue weighted by atomic mass is 16.3. The Balaban J connectivity index is 3.62. The van der Waals surface area contributed by atoms with Crippen LogP contribution in [0, 0.1) is 23.7 Å². The van der Waals surface area contributed by atoms with Crippen molar-refractivity contribution in [2.45, 2.75) is 129 Å². The largest absolute Gasteiger partial charge is 0.380 e. The summed E-state index contributed by atoms with van der Waals surface area (Å²) >= 11 is 0. The van der Waals surface area contributed by atoms with E-state index in [0.717, 1.165) is 25.7 Å². The maximum absolute atomic E-state index is 9.81. The number of unbranched alkanes of at least 4 members (excludes halogenated alkanes) is 12. The molecule has 2 N–H and O–H groups in total. The van der Waals surface area contributed by atoms with Crippen LogP contribution in [0.15, 0.2) is 0 Å². The minimum atomic E-state index is -0.583. The van der Waals surface area contributed by atoms with Crippen molar-refractivity contribution in [3.05, 3.63) is 0 Å². The molecule has 2 unspecified atom stereocenters. The number of rotatable bonds is 16. The average molecular weight is 363 g/mol. The van der Waals surface area contributed by atoms with Gasteiger partial charge in [0.2, 0.25) is 0 Å². The lowest BCUT2D eigenvalue weighted by Crippen LogP contribution is -2.03. The monoisotopic (exact) mass is 362 g/mol. The summed E-state index contributed by atoms with van der Waals surface area (Å²) in [7, 11) is 0. The normalized spacial score (nSPS) is 12.6. The molecule has 0 radical (unpaired) electrons. The molecule has 0 aliphatic carbocycles. The molecule has 0 amide bonds. The van der Waals surface area contributed by atoms with Crippen LogP contribution in [0.2, 0.25) is 0 Å². The molecule has 0 fully saturated rings. The molecule has 0 aliphatic heterocycles. The summed E-state index contributed by atoms with van der Waals surface area (Å²) in [4.78, 5) is 0. The molecule has 0 heterocycles. The second-order valence-corrected chi connectivity index (χ2v) is 7.39. The topological polar surface area (TPSA) is 40.5 Å². The highest BCUT2D eigenvalue weighted by Crippen LogP contribution is 2.10. The molecule has 2 atom stereocenters. The number of hydrogen-bond donors (Lipinski definition) is 2. The van der Waals surface area contributed by atoms with Crippen LogP contribution in [0.4, 0.5) is 0 Å². The Bertz CT molecular complexity index is 367. The third kappa shape index (κ3) is 19.4. The van der Waals surface area contributed by atoms with Crippen molar-refractivity contribution in [2.75, 3.05) is 0 Å². The molecule has 0 aromatic heterocycles. The average Bonchev–Trinajstić information content (AvgIpc) is 2.64. The Kier molecular flexibility index (Phi) is 19.6. The van der Waals surface area contributed by atoms with Gasteiger partial charge in [-0.15, -0.1) is 0 Å². The first-order valence-corrected chi connectivity index (χ1v) is 11.1. The van der Waals surface area contributed by atoms with E-state index in [1.165, 1.54) is 77.0 Å². The first-order valence-electron chi connectivity index (χ1n) is 11.1. The van der Waals surface area contributed by atoms with E-state index < -0.39 is 12.2 Å². The second kappa shape index (κ2) is 20.4. The van der Waals surface area contributed by atoms with Gasteiger partial charge in [-0.05, 0) is 37.5 Å². The fourth-order valence-electron chi connectivity index (χ4n) is 2.97. The van der Waals surface area contributed by atoms with Crippen molar-refractivity contribution in [3.63, 3.8) is 0 Å². The lowest BCUT2D eigenvalue weighted by molar-refractivity contribution is 0.216. The van der Waals surface area contributed by atoms with E-state index in [1.54, 1.807) is 0 Å². The molecule has 0 saturated heterocycles. The molecule has 26 heavy (non-hydrogen) atoms. The second-order valence-electron chi connectivity index (χ2n) is 7.39. The summed E-state index contributed by atoms with van der Waals surface area (Å²) in [6.45, 7) is 4.46. The van der Waals surface area contributed by atoms with Crippen molar-refractivity contribution in [1.82, 2.24) is 0 Å². The van der Waals surface area contributed by atoms with Crippen LogP contribution in [0.25, 0.3) is 0 Å². The molecular weight excluding hydrogens is 320 g/mol. The lowest BCUT2D eigenvalue weighted by atomic mass is 10.1. The summed E-state index contributed by atoms with van der Waals surface area (Å²) in [6, 6.07) is 0. The van der Waals surface area contributed by atoms with Gasteiger partial charge in [0, 0.05) is 0 Å². The molecule has 2 nitrogen and oxygen atoms in total. The highest BCUT2D eigenvalue weighted by Gasteiger charge is 2.00. The molecule has 0 bridgehead atoms. The van der Waals surface area contributed by atoms with Crippen molar-refractivity contribution in [3.8, 4) is 23.7 Å². The molecule has 0 spiro atoms. The van der Waals surface area contributed by atoms with Crippen LogP contribution in [0.5, 0.6) is 0 Å². The maximum Gasteiger partial charge on any atom is 0.115 e. The van der Waals surface area contributed by atoms with Crippen LogP contribution in [-0.2, 0) is 0 Å². The molecule has 2 heteroatoms. The first-order chi connectivity index (χ1) is 12.7. The van der Waals surface area contributed by atoms with Crippen LogP contribution in [-0.4, -0.2) is 22.4 Å². The summed E-state index contributed by atoms with van der Waals surface area (Å²) in [5.41, 5.74) is 0. The minimum Gasteiger partial charge on any atom is -0.380 e. The van der Waals surface area contributed by atoms with E-state index >= 15 is 0 Å². The van der Waals surface area contributed by atoms with Gasteiger partial charge < -0.3 is 10.2 Å². The summed E-state index contributed by atoms with van der Waals surface area (Å²) in [5.74, 6) is 10.9. The van der Waals surface area contributed by atoms with E-state index in [9.17, 15) is 10.2 Å². The van der Waals surface area contributed by atoms with Gasteiger partial charge in [-0.3, -0.25) is 0 Å². The van der Waals surface area contributed by atoms with E-state index in [1.807, 2.05) is 0 Å². The van der Waals surface area contributed by atoms with Crippen molar-refractivity contribution < 1.29 is 10.2 Å².